The maximum atomic E-state index is 5.78. The molecule has 0 atom stereocenters. The van der Waals surface area contributed by atoms with Crippen molar-refractivity contribution in [1.29, 1.82) is 0 Å². The fraction of sp³-hybridized carbons (Fsp3) is 0.267. The van der Waals surface area contributed by atoms with Crippen molar-refractivity contribution in [1.82, 2.24) is 9.88 Å². The molecule has 0 N–H and O–H groups in total. The van der Waals surface area contributed by atoms with Crippen LogP contribution in [0, 0.1) is 6.92 Å². The number of halogens is 1. The Bertz CT molecular complexity index is 718. The van der Waals surface area contributed by atoms with E-state index in [1.807, 2.05) is 24.4 Å². The maximum absolute atomic E-state index is 5.78. The molecule has 0 aliphatic rings. The van der Waals surface area contributed by atoms with Crippen molar-refractivity contribution in [2.24, 2.45) is 0 Å². The Morgan fingerprint density at radius 1 is 1.33 bits per heavy atom. The lowest BCUT2D eigenvalue weighted by atomic mass is 10.3. The highest BCUT2D eigenvalue weighted by Crippen LogP contribution is 2.27. The summed E-state index contributed by atoms with van der Waals surface area (Å²) in [6.07, 6.45) is 0. The quantitative estimate of drug-likeness (QED) is 0.609. The van der Waals surface area contributed by atoms with E-state index in [4.69, 9.17) is 4.42 Å². The molecule has 0 bridgehead atoms. The number of aromatic nitrogens is 1. The molecule has 0 fully saturated rings. The number of hydrogen-bond donors (Lipinski definition) is 0. The Hall–Kier alpha value is -0.950. The molecule has 0 unspecified atom stereocenters. The van der Waals surface area contributed by atoms with Gasteiger partial charge in [-0.25, -0.2) is 4.98 Å². The molecule has 3 aromatic rings. The summed E-state index contributed by atoms with van der Waals surface area (Å²) in [5, 5.41) is 4.21. The summed E-state index contributed by atoms with van der Waals surface area (Å²) in [7, 11) is 2.10. The van der Waals surface area contributed by atoms with E-state index >= 15 is 0 Å². The van der Waals surface area contributed by atoms with Crippen LogP contribution in [0.1, 0.15) is 17.0 Å². The molecule has 0 saturated heterocycles. The second-order valence-corrected chi connectivity index (χ2v) is 8.17. The number of thiophene rings is 2. The molecule has 0 spiro atoms. The van der Waals surface area contributed by atoms with Crippen molar-refractivity contribution in [3.63, 3.8) is 0 Å². The summed E-state index contributed by atoms with van der Waals surface area (Å²) in [5.41, 5.74) is 2.32. The minimum Gasteiger partial charge on any atom is -0.440 e. The van der Waals surface area contributed by atoms with Gasteiger partial charge in [-0.2, -0.15) is 0 Å². The van der Waals surface area contributed by atoms with Gasteiger partial charge in [0.25, 0.3) is 0 Å². The fourth-order valence-electron chi connectivity index (χ4n) is 2.13. The smallest absolute Gasteiger partial charge is 0.236 e. The molecule has 3 nitrogen and oxygen atoms in total. The van der Waals surface area contributed by atoms with Crippen molar-refractivity contribution in [3.05, 3.63) is 49.8 Å². The van der Waals surface area contributed by atoms with Crippen LogP contribution < -0.4 is 0 Å². The monoisotopic (exact) mass is 382 g/mol. The van der Waals surface area contributed by atoms with Crippen molar-refractivity contribution in [2.45, 2.75) is 20.0 Å². The average Bonchev–Trinajstić information content (AvgIpc) is 3.13. The normalized spacial score (nSPS) is 11.4. The first kappa shape index (κ1) is 15.0. The first-order valence-corrected chi connectivity index (χ1v) is 9.08. The van der Waals surface area contributed by atoms with Crippen LogP contribution in [0.5, 0.6) is 0 Å². The summed E-state index contributed by atoms with van der Waals surface area (Å²) < 4.78 is 6.95. The molecule has 110 valence electrons. The van der Waals surface area contributed by atoms with Gasteiger partial charge >= 0.3 is 0 Å². The Balaban J connectivity index is 1.70. The Morgan fingerprint density at radius 2 is 2.19 bits per heavy atom. The largest absolute Gasteiger partial charge is 0.440 e. The highest BCUT2D eigenvalue weighted by Gasteiger charge is 2.14. The molecule has 3 heterocycles. The zero-order chi connectivity index (χ0) is 14.8. The first-order chi connectivity index (χ1) is 10.1. The Labute approximate surface area is 140 Å². The average molecular weight is 383 g/mol. The molecule has 0 aromatic carbocycles. The molecule has 3 aromatic heterocycles. The van der Waals surface area contributed by atoms with Crippen LogP contribution in [0.3, 0.4) is 0 Å². The number of oxazole rings is 1. The Morgan fingerprint density at radius 3 is 2.86 bits per heavy atom. The van der Waals surface area contributed by atoms with Gasteiger partial charge in [-0.1, -0.05) is 6.07 Å². The van der Waals surface area contributed by atoms with E-state index in [-0.39, 0.29) is 0 Å². The molecule has 3 rings (SSSR count). The lowest BCUT2D eigenvalue weighted by molar-refractivity contribution is 0.314. The fourth-order valence-corrected chi connectivity index (χ4v) is 3.98. The molecular formula is C15H15BrN2OS2. The molecule has 21 heavy (non-hydrogen) atoms. The lowest BCUT2D eigenvalue weighted by Gasteiger charge is -2.14. The van der Waals surface area contributed by atoms with E-state index in [1.165, 1.54) is 9.35 Å². The summed E-state index contributed by atoms with van der Waals surface area (Å²) in [4.78, 5) is 7.96. The second kappa shape index (κ2) is 6.44. The third-order valence-corrected chi connectivity index (χ3v) is 5.53. The van der Waals surface area contributed by atoms with Crippen LogP contribution in [0.15, 0.2) is 37.2 Å². The van der Waals surface area contributed by atoms with Gasteiger partial charge in [0.2, 0.25) is 5.89 Å². The van der Waals surface area contributed by atoms with Crippen LogP contribution in [-0.4, -0.2) is 16.9 Å². The zero-order valence-corrected chi connectivity index (χ0v) is 15.0. The van der Waals surface area contributed by atoms with E-state index in [2.05, 4.69) is 44.3 Å². The molecule has 6 heteroatoms. The van der Waals surface area contributed by atoms with Gasteiger partial charge in [-0.15, -0.1) is 22.7 Å². The highest BCUT2D eigenvalue weighted by atomic mass is 79.9. The third kappa shape index (κ3) is 3.63. The van der Waals surface area contributed by atoms with Gasteiger partial charge in [0.05, 0.1) is 14.4 Å². The summed E-state index contributed by atoms with van der Waals surface area (Å²) in [6, 6.07) is 6.21. The minimum atomic E-state index is 0.726. The minimum absolute atomic E-state index is 0.726. The topological polar surface area (TPSA) is 29.3 Å². The summed E-state index contributed by atoms with van der Waals surface area (Å²) in [6.45, 7) is 3.67. The second-order valence-electron chi connectivity index (χ2n) is 4.93. The number of aryl methyl sites for hydroxylation is 1. The molecule has 0 amide bonds. The molecule has 0 saturated carbocycles. The third-order valence-electron chi connectivity index (χ3n) is 3.12. The molecule has 0 aliphatic carbocycles. The van der Waals surface area contributed by atoms with Gasteiger partial charge in [0.1, 0.15) is 5.76 Å². The van der Waals surface area contributed by atoms with E-state index in [0.717, 1.165) is 35.3 Å². The van der Waals surface area contributed by atoms with Crippen LogP contribution in [0.4, 0.5) is 0 Å². The van der Waals surface area contributed by atoms with Gasteiger partial charge in [0, 0.05) is 13.1 Å². The number of nitrogens with zero attached hydrogens (tertiary/aromatic N) is 2. The van der Waals surface area contributed by atoms with E-state index < -0.39 is 0 Å². The maximum Gasteiger partial charge on any atom is 0.236 e. The predicted molar refractivity (Wildman–Crippen MR) is 91.7 cm³/mol. The molecule has 0 radical (unpaired) electrons. The van der Waals surface area contributed by atoms with Crippen molar-refractivity contribution in [2.75, 3.05) is 7.05 Å². The van der Waals surface area contributed by atoms with Crippen LogP contribution in [-0.2, 0) is 13.1 Å². The summed E-state index contributed by atoms with van der Waals surface area (Å²) >= 11 is 6.86. The molecular weight excluding hydrogens is 368 g/mol. The highest BCUT2D eigenvalue weighted by molar-refractivity contribution is 9.11. The van der Waals surface area contributed by atoms with Gasteiger partial charge in [-0.3, -0.25) is 4.90 Å². The van der Waals surface area contributed by atoms with Gasteiger partial charge in [-0.05, 0) is 58.4 Å². The van der Waals surface area contributed by atoms with Gasteiger partial charge in [0.15, 0.2) is 0 Å². The zero-order valence-electron chi connectivity index (χ0n) is 11.8. The van der Waals surface area contributed by atoms with Crippen LogP contribution in [0.25, 0.3) is 10.8 Å². The van der Waals surface area contributed by atoms with Crippen molar-refractivity contribution >= 4 is 38.6 Å². The van der Waals surface area contributed by atoms with Crippen molar-refractivity contribution < 1.29 is 4.42 Å². The van der Waals surface area contributed by atoms with Crippen LogP contribution >= 0.6 is 38.6 Å². The van der Waals surface area contributed by atoms with Crippen LogP contribution in [0.2, 0.25) is 0 Å². The predicted octanol–water partition coefficient (Wildman–Crippen LogP) is 5.17. The van der Waals surface area contributed by atoms with E-state index in [9.17, 15) is 0 Å². The van der Waals surface area contributed by atoms with Gasteiger partial charge < -0.3 is 4.42 Å². The van der Waals surface area contributed by atoms with Crippen molar-refractivity contribution in [3.8, 4) is 10.8 Å². The molecule has 0 aliphatic heterocycles. The Kier molecular flexibility index (Phi) is 4.59. The lowest BCUT2D eigenvalue weighted by Crippen LogP contribution is -2.17. The van der Waals surface area contributed by atoms with E-state index in [0.29, 0.717) is 0 Å². The SMILES string of the molecule is Cc1oc(-c2cccs2)nc1CN(C)Cc1csc(Br)c1. The van der Waals surface area contributed by atoms with E-state index in [1.54, 1.807) is 22.7 Å². The number of hydrogen-bond acceptors (Lipinski definition) is 5. The first-order valence-electron chi connectivity index (χ1n) is 6.53. The standard InChI is InChI=1S/C15H15BrN2OS2/c1-10-12(17-15(19-10)13-4-3-5-20-13)8-18(2)7-11-6-14(16)21-9-11/h3-6,9H,7-8H2,1-2H3. The summed E-state index contributed by atoms with van der Waals surface area (Å²) in [5.74, 6) is 1.63. The number of rotatable bonds is 5.